The maximum Gasteiger partial charge on any atom is 0.275 e. The first kappa shape index (κ1) is 13.9. The summed E-state index contributed by atoms with van der Waals surface area (Å²) in [5.74, 6) is -0.278. The van der Waals surface area contributed by atoms with Crippen LogP contribution in [0.4, 0.5) is 0 Å². The number of H-pyrrole nitrogens is 1. The van der Waals surface area contributed by atoms with Crippen molar-refractivity contribution in [3.63, 3.8) is 0 Å². The van der Waals surface area contributed by atoms with Crippen molar-refractivity contribution in [2.45, 2.75) is 6.92 Å². The maximum absolute atomic E-state index is 12.1. The Bertz CT molecular complexity index is 869. The molecule has 0 aliphatic heterocycles. The van der Waals surface area contributed by atoms with Gasteiger partial charge in [0.2, 0.25) is 0 Å². The molecule has 3 rings (SSSR count). The van der Waals surface area contributed by atoms with Gasteiger partial charge in [-0.05, 0) is 12.5 Å². The number of Topliss-reactive ketones (excluding diaryl/α,β-unsaturated/α-hetero) is 1. The minimum absolute atomic E-state index is 0.139. The molecular weight excluding hydrogens is 276 g/mol. The van der Waals surface area contributed by atoms with E-state index < -0.39 is 5.56 Å². The van der Waals surface area contributed by atoms with Gasteiger partial charge in [-0.15, -0.1) is 0 Å². The van der Waals surface area contributed by atoms with Crippen molar-refractivity contribution in [2.75, 3.05) is 0 Å². The van der Waals surface area contributed by atoms with Crippen molar-refractivity contribution >= 4 is 5.78 Å². The van der Waals surface area contributed by atoms with Gasteiger partial charge in [0.25, 0.3) is 5.56 Å². The van der Waals surface area contributed by atoms with Crippen LogP contribution in [0, 0.1) is 0 Å². The Morgan fingerprint density at radius 3 is 2.00 bits per heavy atom. The number of nitrogens with zero attached hydrogens (tertiary/aromatic N) is 1. The average molecular weight is 290 g/mol. The van der Waals surface area contributed by atoms with E-state index >= 15 is 0 Å². The van der Waals surface area contributed by atoms with E-state index in [1.807, 2.05) is 60.7 Å². The Morgan fingerprint density at radius 1 is 0.909 bits per heavy atom. The predicted molar refractivity (Wildman–Crippen MR) is 85.7 cm³/mol. The van der Waals surface area contributed by atoms with E-state index in [1.165, 1.54) is 6.92 Å². The molecule has 0 spiro atoms. The minimum atomic E-state index is -0.467. The Morgan fingerprint density at radius 2 is 1.45 bits per heavy atom. The lowest BCUT2D eigenvalue weighted by atomic mass is 9.94. The summed E-state index contributed by atoms with van der Waals surface area (Å²) in [7, 11) is 0. The largest absolute Gasteiger partial charge is 0.294 e. The first-order valence-electron chi connectivity index (χ1n) is 6.93. The second kappa shape index (κ2) is 5.77. The van der Waals surface area contributed by atoms with Gasteiger partial charge in [0, 0.05) is 11.1 Å². The van der Waals surface area contributed by atoms with Gasteiger partial charge in [-0.1, -0.05) is 60.7 Å². The highest BCUT2D eigenvalue weighted by atomic mass is 16.1. The number of carbonyl (C=O) groups excluding carboxylic acids is 1. The first-order chi connectivity index (χ1) is 10.7. The van der Waals surface area contributed by atoms with Crippen LogP contribution in [0.2, 0.25) is 0 Å². The molecule has 0 amide bonds. The fraction of sp³-hybridized carbons (Fsp3) is 0.0556. The van der Waals surface area contributed by atoms with Crippen LogP contribution in [0.3, 0.4) is 0 Å². The molecule has 0 aliphatic carbocycles. The Kier molecular flexibility index (Phi) is 3.66. The molecule has 0 fully saturated rings. The van der Waals surface area contributed by atoms with E-state index in [0.29, 0.717) is 11.3 Å². The van der Waals surface area contributed by atoms with Gasteiger partial charge in [0.05, 0.1) is 11.3 Å². The summed E-state index contributed by atoms with van der Waals surface area (Å²) < 4.78 is 0. The number of nitrogens with one attached hydrogen (secondary N) is 1. The number of hydrogen-bond acceptors (Lipinski definition) is 3. The van der Waals surface area contributed by atoms with Gasteiger partial charge >= 0.3 is 0 Å². The van der Waals surface area contributed by atoms with Crippen LogP contribution in [0.5, 0.6) is 0 Å². The summed E-state index contributed by atoms with van der Waals surface area (Å²) in [4.78, 5) is 24.1. The highest BCUT2D eigenvalue weighted by molar-refractivity contribution is 6.03. The van der Waals surface area contributed by atoms with E-state index in [-0.39, 0.29) is 11.3 Å². The van der Waals surface area contributed by atoms with E-state index in [2.05, 4.69) is 10.2 Å². The summed E-state index contributed by atoms with van der Waals surface area (Å²) in [6.45, 7) is 1.39. The number of aromatic amines is 1. The smallest absolute Gasteiger partial charge is 0.275 e. The molecule has 4 heteroatoms. The monoisotopic (exact) mass is 290 g/mol. The van der Waals surface area contributed by atoms with Gasteiger partial charge < -0.3 is 0 Å². The fourth-order valence-electron chi connectivity index (χ4n) is 2.48. The van der Waals surface area contributed by atoms with Crippen molar-refractivity contribution in [1.29, 1.82) is 0 Å². The Balaban J connectivity index is 2.39. The molecule has 2 aromatic carbocycles. The molecule has 22 heavy (non-hydrogen) atoms. The Hall–Kier alpha value is -3.01. The molecule has 0 radical (unpaired) electrons. The van der Waals surface area contributed by atoms with Crippen molar-refractivity contribution in [2.24, 2.45) is 0 Å². The molecule has 0 atom stereocenters. The number of carbonyl (C=O) groups is 1. The van der Waals surface area contributed by atoms with Gasteiger partial charge in [-0.25, -0.2) is 5.10 Å². The normalized spacial score (nSPS) is 10.4. The van der Waals surface area contributed by atoms with Crippen molar-refractivity contribution in [1.82, 2.24) is 10.2 Å². The molecule has 1 heterocycles. The second-order valence-corrected chi connectivity index (χ2v) is 4.94. The van der Waals surface area contributed by atoms with Crippen molar-refractivity contribution in [3.05, 3.63) is 76.6 Å². The predicted octanol–water partition coefficient (Wildman–Crippen LogP) is 3.31. The lowest BCUT2D eigenvalue weighted by Crippen LogP contribution is -2.20. The van der Waals surface area contributed by atoms with Crippen LogP contribution in [-0.2, 0) is 0 Å². The lowest BCUT2D eigenvalue weighted by molar-refractivity contribution is 0.101. The van der Waals surface area contributed by atoms with E-state index in [4.69, 9.17) is 0 Å². The molecule has 0 aliphatic rings. The van der Waals surface area contributed by atoms with Gasteiger partial charge in [-0.2, -0.15) is 5.10 Å². The highest BCUT2D eigenvalue weighted by Gasteiger charge is 2.20. The molecule has 1 N–H and O–H groups in total. The van der Waals surface area contributed by atoms with Gasteiger partial charge in [-0.3, -0.25) is 9.59 Å². The fourth-order valence-corrected chi connectivity index (χ4v) is 2.48. The third kappa shape index (κ3) is 2.46. The molecule has 1 aromatic heterocycles. The highest BCUT2D eigenvalue weighted by Crippen LogP contribution is 2.31. The molecule has 4 nitrogen and oxygen atoms in total. The summed E-state index contributed by atoms with van der Waals surface area (Å²) in [5.41, 5.74) is 2.48. The minimum Gasteiger partial charge on any atom is -0.294 e. The molecule has 3 aromatic rings. The van der Waals surface area contributed by atoms with Gasteiger partial charge in [0.15, 0.2) is 5.78 Å². The SMILES string of the molecule is CC(=O)c1c(-c2ccccc2)c(-c2ccccc2)n[nH]c1=O. The van der Waals surface area contributed by atoms with Gasteiger partial charge in [0.1, 0.15) is 0 Å². The topological polar surface area (TPSA) is 62.8 Å². The van der Waals surface area contributed by atoms with E-state index in [0.717, 1.165) is 11.1 Å². The van der Waals surface area contributed by atoms with Crippen molar-refractivity contribution < 1.29 is 4.79 Å². The van der Waals surface area contributed by atoms with E-state index in [9.17, 15) is 9.59 Å². The van der Waals surface area contributed by atoms with Crippen LogP contribution >= 0.6 is 0 Å². The summed E-state index contributed by atoms with van der Waals surface area (Å²) in [5, 5.41) is 6.61. The zero-order valence-corrected chi connectivity index (χ0v) is 12.0. The number of benzene rings is 2. The van der Waals surface area contributed by atoms with Crippen molar-refractivity contribution in [3.8, 4) is 22.4 Å². The zero-order valence-electron chi connectivity index (χ0n) is 12.0. The van der Waals surface area contributed by atoms with Crippen LogP contribution < -0.4 is 5.56 Å². The molecule has 0 unspecified atom stereocenters. The summed E-state index contributed by atoms with van der Waals surface area (Å²) >= 11 is 0. The number of rotatable bonds is 3. The van der Waals surface area contributed by atoms with Crippen LogP contribution in [0.25, 0.3) is 22.4 Å². The Labute approximate surface area is 127 Å². The second-order valence-electron chi connectivity index (χ2n) is 4.94. The molecule has 0 saturated heterocycles. The van der Waals surface area contributed by atoms with Crippen LogP contribution in [-0.4, -0.2) is 16.0 Å². The standard InChI is InChI=1S/C18H14N2O2/c1-12(21)15-16(13-8-4-2-5-9-13)17(19-20-18(15)22)14-10-6-3-7-11-14/h2-11H,1H3,(H,20,22). The summed E-state index contributed by atoms with van der Waals surface area (Å²) in [6, 6.07) is 18.9. The quantitative estimate of drug-likeness (QED) is 0.753. The van der Waals surface area contributed by atoms with Crippen LogP contribution in [0.1, 0.15) is 17.3 Å². The average Bonchev–Trinajstić information content (AvgIpc) is 2.56. The lowest BCUT2D eigenvalue weighted by Gasteiger charge is -2.12. The molecule has 108 valence electrons. The molecular formula is C18H14N2O2. The number of hydrogen-bond donors (Lipinski definition) is 1. The zero-order chi connectivity index (χ0) is 15.5. The third-order valence-electron chi connectivity index (χ3n) is 3.44. The molecule has 0 bridgehead atoms. The number of ketones is 1. The van der Waals surface area contributed by atoms with Crippen LogP contribution in [0.15, 0.2) is 65.5 Å². The first-order valence-corrected chi connectivity index (χ1v) is 6.93. The maximum atomic E-state index is 12.1. The summed E-state index contributed by atoms with van der Waals surface area (Å²) in [6.07, 6.45) is 0. The third-order valence-corrected chi connectivity index (χ3v) is 3.44. The van der Waals surface area contributed by atoms with E-state index in [1.54, 1.807) is 0 Å². The molecule has 0 saturated carbocycles. The number of aromatic nitrogens is 2.